The highest BCUT2D eigenvalue weighted by atomic mass is 16.4. The summed E-state index contributed by atoms with van der Waals surface area (Å²) in [5.74, 6) is 0. The molecule has 8 heteroatoms. The molecule has 0 amide bonds. The smallest absolute Gasteiger partial charge is 0.102 e. The first-order valence-electron chi connectivity index (χ1n) is 10.7. The summed E-state index contributed by atoms with van der Waals surface area (Å²) >= 11 is 0. The Balaban J connectivity index is 1.70. The van der Waals surface area contributed by atoms with Gasteiger partial charge in [-0.1, -0.05) is 71.0 Å². The van der Waals surface area contributed by atoms with Crippen LogP contribution < -0.4 is 10.6 Å². The third-order valence-electron chi connectivity index (χ3n) is 4.68. The largest absolute Gasteiger partial charge is 0.411 e. The number of hydrogen-bond acceptors (Lipinski definition) is 8. The van der Waals surface area contributed by atoms with Gasteiger partial charge in [-0.3, -0.25) is 9.98 Å². The molecule has 2 aromatic rings. The molecule has 0 fully saturated rings. The summed E-state index contributed by atoms with van der Waals surface area (Å²) in [6.07, 6.45) is 0. The molecule has 170 valence electrons. The molecular weight excluding hydrogens is 404 g/mol. The van der Waals surface area contributed by atoms with Gasteiger partial charge in [0, 0.05) is 37.3 Å². The second-order valence-corrected chi connectivity index (χ2v) is 7.06. The van der Waals surface area contributed by atoms with Gasteiger partial charge in [0.15, 0.2) is 0 Å². The van der Waals surface area contributed by atoms with Crippen LogP contribution in [0.1, 0.15) is 25.0 Å². The van der Waals surface area contributed by atoms with E-state index in [4.69, 9.17) is 10.4 Å². The number of oxime groups is 2. The summed E-state index contributed by atoms with van der Waals surface area (Å²) in [4.78, 5) is 9.16. The van der Waals surface area contributed by atoms with Crippen molar-refractivity contribution in [3.8, 4) is 0 Å². The van der Waals surface area contributed by atoms with Crippen molar-refractivity contribution in [3.05, 3.63) is 71.8 Å². The zero-order valence-electron chi connectivity index (χ0n) is 18.7. The number of rotatable bonds is 13. The topological polar surface area (TPSA) is 114 Å². The van der Waals surface area contributed by atoms with Crippen molar-refractivity contribution in [2.24, 2.45) is 20.3 Å². The molecule has 8 nitrogen and oxygen atoms in total. The van der Waals surface area contributed by atoms with E-state index in [0.29, 0.717) is 35.9 Å². The van der Waals surface area contributed by atoms with E-state index in [0.717, 1.165) is 37.3 Å². The van der Waals surface area contributed by atoms with Crippen LogP contribution in [0.15, 0.2) is 81.0 Å². The van der Waals surface area contributed by atoms with E-state index < -0.39 is 0 Å². The second-order valence-electron chi connectivity index (χ2n) is 7.06. The molecule has 2 aromatic carbocycles. The lowest BCUT2D eigenvalue weighted by atomic mass is 10.1. The van der Waals surface area contributed by atoms with Crippen molar-refractivity contribution in [3.63, 3.8) is 0 Å². The Bertz CT molecular complexity index is 847. The van der Waals surface area contributed by atoms with Crippen LogP contribution in [0.4, 0.5) is 0 Å². The van der Waals surface area contributed by atoms with Gasteiger partial charge in [-0.15, -0.1) is 0 Å². The molecule has 2 rings (SSSR count). The molecule has 0 aliphatic rings. The molecule has 0 radical (unpaired) electrons. The van der Waals surface area contributed by atoms with Crippen LogP contribution in [-0.2, 0) is 0 Å². The number of nitrogens with zero attached hydrogens (tertiary/aromatic N) is 4. The van der Waals surface area contributed by atoms with Crippen LogP contribution in [0.2, 0.25) is 0 Å². The molecule has 0 atom stereocenters. The molecule has 0 aromatic heterocycles. The molecule has 4 N–H and O–H groups in total. The number of hydrogen-bond donors (Lipinski definition) is 4. The average molecular weight is 437 g/mol. The minimum Gasteiger partial charge on any atom is -0.411 e. The van der Waals surface area contributed by atoms with Gasteiger partial charge >= 0.3 is 0 Å². The Kier molecular flexibility index (Phi) is 11.4. The summed E-state index contributed by atoms with van der Waals surface area (Å²) in [6, 6.07) is 19.4. The van der Waals surface area contributed by atoms with Gasteiger partial charge < -0.3 is 21.0 Å². The fourth-order valence-electron chi connectivity index (χ4n) is 3.04. The molecule has 0 saturated carbocycles. The molecule has 0 bridgehead atoms. The summed E-state index contributed by atoms with van der Waals surface area (Å²) in [5.41, 5.74) is 4.25. The molecular formula is C24H32N6O2. The maximum absolute atomic E-state index is 9.11. The molecule has 0 heterocycles. The van der Waals surface area contributed by atoms with E-state index in [-0.39, 0.29) is 0 Å². The predicted molar refractivity (Wildman–Crippen MR) is 131 cm³/mol. The van der Waals surface area contributed by atoms with Crippen LogP contribution in [0.25, 0.3) is 0 Å². The zero-order valence-corrected chi connectivity index (χ0v) is 18.7. The third kappa shape index (κ3) is 8.41. The summed E-state index contributed by atoms with van der Waals surface area (Å²) in [7, 11) is 0. The average Bonchev–Trinajstić information content (AvgIpc) is 2.85. The van der Waals surface area contributed by atoms with Crippen LogP contribution >= 0.6 is 0 Å². The Labute approximate surface area is 189 Å². The lowest BCUT2D eigenvalue weighted by Crippen LogP contribution is -2.30. The first-order chi connectivity index (χ1) is 15.7. The van der Waals surface area contributed by atoms with E-state index in [1.165, 1.54) is 0 Å². The van der Waals surface area contributed by atoms with Crippen LogP contribution in [-0.4, -0.2) is 72.5 Å². The third-order valence-corrected chi connectivity index (χ3v) is 4.68. The highest BCUT2D eigenvalue weighted by molar-refractivity contribution is 6.48. The highest BCUT2D eigenvalue weighted by Crippen LogP contribution is 2.04. The van der Waals surface area contributed by atoms with E-state index in [1.54, 1.807) is 13.8 Å². The van der Waals surface area contributed by atoms with Gasteiger partial charge in [0.1, 0.15) is 11.4 Å². The predicted octanol–water partition coefficient (Wildman–Crippen LogP) is 2.84. The van der Waals surface area contributed by atoms with Crippen molar-refractivity contribution in [2.75, 3.05) is 39.3 Å². The Morgan fingerprint density at radius 3 is 1.34 bits per heavy atom. The lowest BCUT2D eigenvalue weighted by molar-refractivity contribution is 0.319. The van der Waals surface area contributed by atoms with E-state index in [2.05, 4.69) is 30.9 Å². The Hall–Kier alpha value is -3.36. The number of nitrogens with one attached hydrogen (secondary N) is 2. The summed E-state index contributed by atoms with van der Waals surface area (Å²) in [5, 5.41) is 31.5. The van der Waals surface area contributed by atoms with Gasteiger partial charge in [-0.05, 0) is 13.8 Å². The lowest BCUT2D eigenvalue weighted by Gasteiger charge is -2.08. The first-order valence-corrected chi connectivity index (χ1v) is 10.7. The maximum atomic E-state index is 9.11. The summed E-state index contributed by atoms with van der Waals surface area (Å²) < 4.78 is 0. The van der Waals surface area contributed by atoms with Crippen molar-refractivity contribution in [1.29, 1.82) is 0 Å². The fraction of sp³-hybridized carbons (Fsp3) is 0.333. The molecule has 0 saturated heterocycles. The first kappa shape index (κ1) is 24.9. The van der Waals surface area contributed by atoms with E-state index in [1.807, 2.05) is 60.7 Å². The SMILES string of the molecule is C/C(=N/O)C(=NCCNCCNCCN=C(/C(C)=N/O)c1ccccc1)c1ccccc1. The molecule has 32 heavy (non-hydrogen) atoms. The van der Waals surface area contributed by atoms with Crippen molar-refractivity contribution in [2.45, 2.75) is 13.8 Å². The van der Waals surface area contributed by atoms with Crippen molar-refractivity contribution < 1.29 is 10.4 Å². The van der Waals surface area contributed by atoms with Crippen LogP contribution in [0.3, 0.4) is 0 Å². The fourth-order valence-corrected chi connectivity index (χ4v) is 3.04. The standard InChI is InChI=1S/C24H32N6O2/c1-19(29-31)23(21-9-5-3-6-10-21)27-17-15-25-13-14-26-16-18-28-24(20(2)30-32)22-11-7-4-8-12-22/h3-12,25-26,31-32H,13-18H2,1-2H3/b27-23?,28-24?,29-19-,30-20+. The normalized spacial score (nSPS) is 13.4. The van der Waals surface area contributed by atoms with E-state index in [9.17, 15) is 0 Å². The molecule has 0 aliphatic heterocycles. The van der Waals surface area contributed by atoms with E-state index >= 15 is 0 Å². The van der Waals surface area contributed by atoms with Gasteiger partial charge in [-0.25, -0.2) is 0 Å². The minimum atomic E-state index is 0.495. The Morgan fingerprint density at radius 2 is 1.00 bits per heavy atom. The van der Waals surface area contributed by atoms with Gasteiger partial charge in [0.05, 0.1) is 24.5 Å². The monoisotopic (exact) mass is 436 g/mol. The second kappa shape index (κ2) is 14.6. The maximum Gasteiger partial charge on any atom is 0.102 e. The van der Waals surface area contributed by atoms with Gasteiger partial charge in [0.2, 0.25) is 0 Å². The number of aliphatic imine (C=N–C) groups is 2. The number of benzene rings is 2. The molecule has 0 unspecified atom stereocenters. The molecule has 0 spiro atoms. The van der Waals surface area contributed by atoms with Crippen LogP contribution in [0.5, 0.6) is 0 Å². The minimum absolute atomic E-state index is 0.495. The van der Waals surface area contributed by atoms with Gasteiger partial charge in [-0.2, -0.15) is 0 Å². The summed E-state index contributed by atoms with van der Waals surface area (Å²) in [6.45, 7) is 7.69. The van der Waals surface area contributed by atoms with Crippen molar-refractivity contribution >= 4 is 22.8 Å². The highest BCUT2D eigenvalue weighted by Gasteiger charge is 2.08. The zero-order chi connectivity index (χ0) is 23.0. The van der Waals surface area contributed by atoms with Gasteiger partial charge in [0.25, 0.3) is 0 Å². The Morgan fingerprint density at radius 1 is 0.625 bits per heavy atom. The molecule has 0 aliphatic carbocycles. The van der Waals surface area contributed by atoms with Crippen molar-refractivity contribution in [1.82, 2.24) is 10.6 Å². The van der Waals surface area contributed by atoms with Crippen LogP contribution in [0, 0.1) is 0 Å². The quantitative estimate of drug-likeness (QED) is 0.167.